The Morgan fingerprint density at radius 1 is 1.15 bits per heavy atom. The number of hydrogen-bond acceptors (Lipinski definition) is 3. The van der Waals surface area contributed by atoms with Gasteiger partial charge in [0.2, 0.25) is 0 Å². The molecular weight excluding hydrogens is 344 g/mol. The number of rotatable bonds is 8. The van der Waals surface area contributed by atoms with Crippen molar-refractivity contribution >= 4 is 17.3 Å². The van der Waals surface area contributed by atoms with Crippen molar-refractivity contribution in [3.05, 3.63) is 58.1 Å². The van der Waals surface area contributed by atoms with E-state index < -0.39 is 0 Å². The Labute approximate surface area is 161 Å². The van der Waals surface area contributed by atoms with E-state index in [1.54, 1.807) is 6.07 Å². The molecule has 0 aliphatic heterocycles. The number of nitrogens with zero attached hydrogens (tertiary/aromatic N) is 1. The van der Waals surface area contributed by atoms with Gasteiger partial charge in [-0.3, -0.25) is 0 Å². The van der Waals surface area contributed by atoms with Gasteiger partial charge in [0.1, 0.15) is 5.75 Å². The first-order valence-electron chi connectivity index (χ1n) is 9.19. The first-order chi connectivity index (χ1) is 12.5. The highest BCUT2D eigenvalue weighted by molar-refractivity contribution is 6.32. The smallest absolute Gasteiger partial charge is 0.137 e. The van der Waals surface area contributed by atoms with E-state index in [-0.39, 0.29) is 11.7 Å². The summed E-state index contributed by atoms with van der Waals surface area (Å²) in [4.78, 5) is 0. The van der Waals surface area contributed by atoms with Gasteiger partial charge >= 0.3 is 0 Å². The van der Waals surface area contributed by atoms with Crippen molar-refractivity contribution in [3.8, 4) is 11.8 Å². The Morgan fingerprint density at radius 2 is 1.85 bits per heavy atom. The molecule has 3 nitrogen and oxygen atoms in total. The monoisotopic (exact) mass is 370 g/mol. The zero-order valence-corrected chi connectivity index (χ0v) is 16.5. The van der Waals surface area contributed by atoms with Crippen LogP contribution < -0.4 is 5.32 Å². The van der Waals surface area contributed by atoms with Gasteiger partial charge in [-0.15, -0.1) is 0 Å². The van der Waals surface area contributed by atoms with Crippen molar-refractivity contribution in [2.45, 2.75) is 52.5 Å². The summed E-state index contributed by atoms with van der Waals surface area (Å²) in [5, 5.41) is 22.7. The summed E-state index contributed by atoms with van der Waals surface area (Å²) < 4.78 is 0. The minimum Gasteiger partial charge on any atom is -0.506 e. The summed E-state index contributed by atoms with van der Waals surface area (Å²) in [7, 11) is 0. The molecule has 138 valence electrons. The molecule has 2 unspecified atom stereocenters. The van der Waals surface area contributed by atoms with Crippen LogP contribution in [0.4, 0.5) is 5.69 Å². The Hall–Kier alpha value is -2.18. The van der Waals surface area contributed by atoms with Crippen LogP contribution in [-0.4, -0.2) is 5.11 Å². The molecule has 0 aliphatic carbocycles. The lowest BCUT2D eigenvalue weighted by Crippen LogP contribution is -2.06. The third kappa shape index (κ3) is 5.16. The first kappa shape index (κ1) is 20.1. The van der Waals surface area contributed by atoms with Crippen LogP contribution in [-0.2, 0) is 6.54 Å². The molecular formula is C22H27ClN2O. The molecule has 2 rings (SSSR count). The maximum absolute atomic E-state index is 9.74. The molecule has 0 spiro atoms. The summed E-state index contributed by atoms with van der Waals surface area (Å²) in [5.74, 6) is 0.693. The van der Waals surface area contributed by atoms with Crippen molar-refractivity contribution in [2.24, 2.45) is 5.92 Å². The topological polar surface area (TPSA) is 56.0 Å². The number of phenolic OH excluding ortho intramolecular Hbond substituents is 1. The Morgan fingerprint density at radius 3 is 2.38 bits per heavy atom. The molecule has 0 heterocycles. The van der Waals surface area contributed by atoms with Crippen LogP contribution in [0.5, 0.6) is 5.75 Å². The van der Waals surface area contributed by atoms with Gasteiger partial charge in [0.15, 0.2) is 0 Å². The lowest BCUT2D eigenvalue weighted by Gasteiger charge is -2.18. The molecule has 0 saturated carbocycles. The highest BCUT2D eigenvalue weighted by atomic mass is 35.5. The summed E-state index contributed by atoms with van der Waals surface area (Å²) in [6.45, 7) is 6.78. The number of benzene rings is 2. The summed E-state index contributed by atoms with van der Waals surface area (Å²) in [6.07, 6.45) is 2.87. The molecule has 4 heteroatoms. The number of aryl methyl sites for hydroxylation is 1. The SMILES string of the molecule is CCC(C#N)CC(CC)c1ccc(CNc2cc(C)c(O)c(Cl)c2)cc1. The molecule has 0 radical (unpaired) electrons. The lowest BCUT2D eigenvalue weighted by molar-refractivity contribution is 0.471. The number of phenols is 1. The van der Waals surface area contributed by atoms with Crippen LogP contribution >= 0.6 is 11.6 Å². The molecule has 2 aromatic carbocycles. The Balaban J connectivity index is 2.02. The third-order valence-corrected chi connectivity index (χ3v) is 5.23. The fourth-order valence-corrected chi connectivity index (χ4v) is 3.41. The third-order valence-electron chi connectivity index (χ3n) is 4.94. The second-order valence-electron chi connectivity index (χ2n) is 6.79. The van der Waals surface area contributed by atoms with Gasteiger partial charge in [-0.25, -0.2) is 0 Å². The van der Waals surface area contributed by atoms with Crippen molar-refractivity contribution in [1.29, 1.82) is 5.26 Å². The van der Waals surface area contributed by atoms with Gasteiger partial charge in [-0.2, -0.15) is 5.26 Å². The standard InChI is InChI=1S/C22H27ClN2O/c1-4-16(13-24)11-18(5-2)19-8-6-17(7-9-19)14-25-20-10-15(3)22(26)21(23)12-20/h6-10,12,16,18,25-26H,4-5,11,14H2,1-3H3. The van der Waals surface area contributed by atoms with Crippen LogP contribution in [0, 0.1) is 24.2 Å². The molecule has 0 fully saturated rings. The van der Waals surface area contributed by atoms with E-state index in [4.69, 9.17) is 11.6 Å². The Kier molecular flexibility index (Phi) is 7.36. The predicted octanol–water partition coefficient (Wildman–Crippen LogP) is 6.40. The van der Waals surface area contributed by atoms with Gasteiger partial charge in [0.25, 0.3) is 0 Å². The molecule has 2 N–H and O–H groups in total. The number of nitrogens with one attached hydrogen (secondary N) is 1. The maximum Gasteiger partial charge on any atom is 0.137 e. The quantitative estimate of drug-likeness (QED) is 0.528. The number of anilines is 1. The zero-order chi connectivity index (χ0) is 19.1. The highest BCUT2D eigenvalue weighted by Crippen LogP contribution is 2.31. The van der Waals surface area contributed by atoms with E-state index in [0.717, 1.165) is 30.5 Å². The maximum atomic E-state index is 9.74. The average molecular weight is 371 g/mol. The van der Waals surface area contributed by atoms with Gasteiger partial charge < -0.3 is 10.4 Å². The highest BCUT2D eigenvalue weighted by Gasteiger charge is 2.15. The number of nitriles is 1. The largest absolute Gasteiger partial charge is 0.506 e. The summed E-state index contributed by atoms with van der Waals surface area (Å²) in [5.41, 5.74) is 4.12. The first-order valence-corrected chi connectivity index (χ1v) is 9.57. The fourth-order valence-electron chi connectivity index (χ4n) is 3.14. The lowest BCUT2D eigenvalue weighted by atomic mass is 9.86. The molecule has 2 aromatic rings. The van der Waals surface area contributed by atoms with Crippen LogP contribution in [0.1, 0.15) is 55.7 Å². The predicted molar refractivity (Wildman–Crippen MR) is 109 cm³/mol. The van der Waals surface area contributed by atoms with Crippen LogP contribution in [0.2, 0.25) is 5.02 Å². The molecule has 2 atom stereocenters. The van der Waals surface area contributed by atoms with E-state index in [0.29, 0.717) is 17.5 Å². The van der Waals surface area contributed by atoms with Crippen molar-refractivity contribution < 1.29 is 5.11 Å². The van der Waals surface area contributed by atoms with Crippen molar-refractivity contribution in [1.82, 2.24) is 0 Å². The van der Waals surface area contributed by atoms with E-state index in [2.05, 4.69) is 49.5 Å². The van der Waals surface area contributed by atoms with Gasteiger partial charge in [0.05, 0.1) is 11.1 Å². The number of hydrogen-bond donors (Lipinski definition) is 2. The van der Waals surface area contributed by atoms with Gasteiger partial charge in [0, 0.05) is 18.2 Å². The van der Waals surface area contributed by atoms with E-state index in [1.807, 2.05) is 13.0 Å². The van der Waals surface area contributed by atoms with Crippen molar-refractivity contribution in [2.75, 3.05) is 5.32 Å². The van der Waals surface area contributed by atoms with Crippen LogP contribution in [0.15, 0.2) is 36.4 Å². The molecule has 0 aliphatic rings. The number of halogens is 1. The minimum absolute atomic E-state index is 0.128. The Bertz CT molecular complexity index is 742. The molecule has 0 bridgehead atoms. The molecule has 0 aromatic heterocycles. The van der Waals surface area contributed by atoms with E-state index in [1.165, 1.54) is 11.1 Å². The van der Waals surface area contributed by atoms with Gasteiger partial charge in [-0.1, -0.05) is 49.7 Å². The van der Waals surface area contributed by atoms with E-state index in [9.17, 15) is 10.4 Å². The second-order valence-corrected chi connectivity index (χ2v) is 7.20. The summed E-state index contributed by atoms with van der Waals surface area (Å²) in [6, 6.07) is 14.6. The molecule has 0 saturated heterocycles. The second kappa shape index (κ2) is 9.50. The van der Waals surface area contributed by atoms with Crippen LogP contribution in [0.25, 0.3) is 0 Å². The van der Waals surface area contributed by atoms with Crippen molar-refractivity contribution in [3.63, 3.8) is 0 Å². The average Bonchev–Trinajstić information content (AvgIpc) is 2.66. The van der Waals surface area contributed by atoms with Gasteiger partial charge in [-0.05, 0) is 60.9 Å². The van der Waals surface area contributed by atoms with Crippen LogP contribution in [0.3, 0.4) is 0 Å². The molecule has 26 heavy (non-hydrogen) atoms. The number of aromatic hydroxyl groups is 1. The zero-order valence-electron chi connectivity index (χ0n) is 15.7. The normalized spacial score (nSPS) is 13.0. The summed E-state index contributed by atoms with van der Waals surface area (Å²) >= 11 is 6.02. The van der Waals surface area contributed by atoms with E-state index >= 15 is 0 Å². The minimum atomic E-state index is 0.128. The molecule has 0 amide bonds. The fraction of sp³-hybridized carbons (Fsp3) is 0.409.